The predicted octanol–water partition coefficient (Wildman–Crippen LogP) is 2.46. The van der Waals surface area contributed by atoms with Crippen molar-refractivity contribution in [2.75, 3.05) is 13.2 Å². The first-order valence-corrected chi connectivity index (χ1v) is 7.98. The molecule has 0 aliphatic carbocycles. The molecule has 0 spiro atoms. The fraction of sp³-hybridized carbons (Fsp3) is 0.812. The van der Waals surface area contributed by atoms with E-state index in [1.807, 2.05) is 11.7 Å². The van der Waals surface area contributed by atoms with E-state index in [1.54, 1.807) is 0 Å². The first-order chi connectivity index (χ1) is 9.59. The molecule has 4 nitrogen and oxygen atoms in total. The van der Waals surface area contributed by atoms with Crippen LogP contribution < -0.4 is 5.32 Å². The highest BCUT2D eigenvalue weighted by atomic mass is 16.5. The Morgan fingerprint density at radius 3 is 2.80 bits per heavy atom. The average Bonchev–Trinajstić information content (AvgIpc) is 2.80. The Bertz CT molecular complexity index is 421. The largest absolute Gasteiger partial charge is 0.374 e. The fourth-order valence-corrected chi connectivity index (χ4v) is 3.13. The Morgan fingerprint density at radius 1 is 1.45 bits per heavy atom. The molecular weight excluding hydrogens is 250 g/mol. The second-order valence-electron chi connectivity index (χ2n) is 6.04. The van der Waals surface area contributed by atoms with Gasteiger partial charge in [0.2, 0.25) is 0 Å². The van der Waals surface area contributed by atoms with E-state index >= 15 is 0 Å². The lowest BCUT2D eigenvalue weighted by atomic mass is 9.85. The van der Waals surface area contributed by atoms with E-state index in [1.165, 1.54) is 24.2 Å². The standard InChI is InChI=1S/C16H29N3O/c1-5-13-11-14(19(4)18-13)12-15(17-6-2)16(3)9-7-8-10-20-16/h11,15,17H,5-10,12H2,1-4H3. The highest BCUT2D eigenvalue weighted by Crippen LogP contribution is 2.29. The van der Waals surface area contributed by atoms with Gasteiger partial charge in [-0.05, 0) is 45.2 Å². The number of nitrogens with zero attached hydrogens (tertiary/aromatic N) is 2. The van der Waals surface area contributed by atoms with E-state index < -0.39 is 0 Å². The molecule has 114 valence electrons. The van der Waals surface area contributed by atoms with Gasteiger partial charge in [-0.15, -0.1) is 0 Å². The number of likely N-dealkylation sites (N-methyl/N-ethyl adjacent to an activating group) is 1. The zero-order valence-electron chi connectivity index (χ0n) is 13.4. The number of aromatic nitrogens is 2. The van der Waals surface area contributed by atoms with Gasteiger partial charge in [0.25, 0.3) is 0 Å². The molecule has 2 unspecified atom stereocenters. The maximum absolute atomic E-state index is 6.13. The van der Waals surface area contributed by atoms with Crippen LogP contribution in [0, 0.1) is 0 Å². The summed E-state index contributed by atoms with van der Waals surface area (Å²) in [5.74, 6) is 0. The molecule has 4 heteroatoms. The molecule has 1 N–H and O–H groups in total. The summed E-state index contributed by atoms with van der Waals surface area (Å²) in [5.41, 5.74) is 2.42. The van der Waals surface area contributed by atoms with Gasteiger partial charge in [0.05, 0.1) is 11.3 Å². The van der Waals surface area contributed by atoms with Gasteiger partial charge in [-0.2, -0.15) is 5.10 Å². The van der Waals surface area contributed by atoms with Crippen molar-refractivity contribution in [3.63, 3.8) is 0 Å². The summed E-state index contributed by atoms with van der Waals surface area (Å²) in [4.78, 5) is 0. The van der Waals surface area contributed by atoms with E-state index in [0.29, 0.717) is 6.04 Å². The van der Waals surface area contributed by atoms with Crippen LogP contribution in [0.2, 0.25) is 0 Å². The molecule has 2 rings (SSSR count). The third-order valence-corrected chi connectivity index (χ3v) is 4.49. The molecule has 0 radical (unpaired) electrons. The van der Waals surface area contributed by atoms with Crippen molar-refractivity contribution in [3.05, 3.63) is 17.5 Å². The first kappa shape index (κ1) is 15.5. The molecule has 1 aliphatic heterocycles. The van der Waals surface area contributed by atoms with Crippen LogP contribution in [0.4, 0.5) is 0 Å². The lowest BCUT2D eigenvalue weighted by Crippen LogP contribution is -2.53. The molecule has 1 aromatic rings. The van der Waals surface area contributed by atoms with Crippen molar-refractivity contribution in [1.82, 2.24) is 15.1 Å². The maximum Gasteiger partial charge on any atom is 0.0810 e. The molecule has 1 fully saturated rings. The van der Waals surface area contributed by atoms with Gasteiger partial charge in [-0.3, -0.25) is 4.68 Å². The molecule has 20 heavy (non-hydrogen) atoms. The minimum Gasteiger partial charge on any atom is -0.374 e. The first-order valence-electron chi connectivity index (χ1n) is 7.98. The zero-order valence-corrected chi connectivity index (χ0v) is 13.4. The molecule has 0 aromatic carbocycles. The maximum atomic E-state index is 6.13. The monoisotopic (exact) mass is 279 g/mol. The van der Waals surface area contributed by atoms with Crippen LogP contribution in [0.5, 0.6) is 0 Å². The molecule has 1 saturated heterocycles. The van der Waals surface area contributed by atoms with Gasteiger partial charge in [0.1, 0.15) is 0 Å². The topological polar surface area (TPSA) is 39.1 Å². The predicted molar refractivity (Wildman–Crippen MR) is 82.0 cm³/mol. The van der Waals surface area contributed by atoms with Crippen molar-refractivity contribution in [2.24, 2.45) is 7.05 Å². The summed E-state index contributed by atoms with van der Waals surface area (Å²) in [6.45, 7) is 8.45. The van der Waals surface area contributed by atoms with Crippen LogP contribution in [0.25, 0.3) is 0 Å². The number of aryl methyl sites for hydroxylation is 2. The minimum absolute atomic E-state index is 0.0507. The zero-order chi connectivity index (χ0) is 14.6. The summed E-state index contributed by atoms with van der Waals surface area (Å²) in [7, 11) is 2.04. The van der Waals surface area contributed by atoms with Gasteiger partial charge < -0.3 is 10.1 Å². The van der Waals surface area contributed by atoms with Gasteiger partial charge in [-0.1, -0.05) is 13.8 Å². The second kappa shape index (κ2) is 6.72. The van der Waals surface area contributed by atoms with Crippen LogP contribution in [-0.2, 0) is 24.6 Å². The van der Waals surface area contributed by atoms with Crippen molar-refractivity contribution >= 4 is 0 Å². The van der Waals surface area contributed by atoms with E-state index in [4.69, 9.17) is 4.74 Å². The summed E-state index contributed by atoms with van der Waals surface area (Å²) < 4.78 is 8.16. The highest BCUT2D eigenvalue weighted by molar-refractivity contribution is 5.13. The number of hydrogen-bond acceptors (Lipinski definition) is 3. The van der Waals surface area contributed by atoms with E-state index in [9.17, 15) is 0 Å². The van der Waals surface area contributed by atoms with E-state index in [2.05, 4.69) is 37.3 Å². The molecule has 0 amide bonds. The molecule has 2 atom stereocenters. The molecule has 2 heterocycles. The Balaban J connectivity index is 2.13. The highest BCUT2D eigenvalue weighted by Gasteiger charge is 2.36. The van der Waals surface area contributed by atoms with Crippen molar-refractivity contribution in [1.29, 1.82) is 0 Å². The number of nitrogens with one attached hydrogen (secondary N) is 1. The van der Waals surface area contributed by atoms with Gasteiger partial charge >= 0.3 is 0 Å². The van der Waals surface area contributed by atoms with Crippen LogP contribution in [0.3, 0.4) is 0 Å². The van der Waals surface area contributed by atoms with Crippen molar-refractivity contribution in [2.45, 2.75) is 64.5 Å². The van der Waals surface area contributed by atoms with Crippen molar-refractivity contribution < 1.29 is 4.74 Å². The number of hydrogen-bond donors (Lipinski definition) is 1. The van der Waals surface area contributed by atoms with Crippen molar-refractivity contribution in [3.8, 4) is 0 Å². The van der Waals surface area contributed by atoms with Gasteiger partial charge in [0, 0.05) is 31.8 Å². The fourth-order valence-electron chi connectivity index (χ4n) is 3.13. The molecule has 0 bridgehead atoms. The Labute approximate surface area is 122 Å². The van der Waals surface area contributed by atoms with E-state index in [-0.39, 0.29) is 5.60 Å². The molecule has 0 saturated carbocycles. The summed E-state index contributed by atoms with van der Waals surface area (Å²) in [6.07, 6.45) is 5.58. The Kier molecular flexibility index (Phi) is 5.22. The summed E-state index contributed by atoms with van der Waals surface area (Å²) >= 11 is 0. The average molecular weight is 279 g/mol. The smallest absolute Gasteiger partial charge is 0.0810 e. The number of rotatable bonds is 6. The number of ether oxygens (including phenoxy) is 1. The SMILES string of the molecule is CCNC(Cc1cc(CC)nn1C)C1(C)CCCCO1. The summed E-state index contributed by atoms with van der Waals surface area (Å²) in [5, 5.41) is 8.19. The lowest BCUT2D eigenvalue weighted by molar-refractivity contribution is -0.0884. The molecule has 1 aromatic heterocycles. The van der Waals surface area contributed by atoms with Crippen LogP contribution >= 0.6 is 0 Å². The van der Waals surface area contributed by atoms with E-state index in [0.717, 1.165) is 32.4 Å². The second-order valence-corrected chi connectivity index (χ2v) is 6.04. The minimum atomic E-state index is -0.0507. The van der Waals surface area contributed by atoms with Gasteiger partial charge in [0.15, 0.2) is 0 Å². The molecular formula is C16H29N3O. The Morgan fingerprint density at radius 2 is 2.25 bits per heavy atom. The van der Waals surface area contributed by atoms with Crippen LogP contribution in [0.1, 0.15) is 51.4 Å². The third-order valence-electron chi connectivity index (χ3n) is 4.49. The van der Waals surface area contributed by atoms with Crippen LogP contribution in [0.15, 0.2) is 6.07 Å². The normalized spacial score (nSPS) is 24.8. The summed E-state index contributed by atoms with van der Waals surface area (Å²) in [6, 6.07) is 2.59. The molecule has 1 aliphatic rings. The quantitative estimate of drug-likeness (QED) is 0.869. The van der Waals surface area contributed by atoms with Crippen LogP contribution in [-0.4, -0.2) is 34.6 Å². The third kappa shape index (κ3) is 3.41. The Hall–Kier alpha value is -0.870. The lowest BCUT2D eigenvalue weighted by Gasteiger charge is -2.41. The van der Waals surface area contributed by atoms with Gasteiger partial charge in [-0.25, -0.2) is 0 Å².